The van der Waals surface area contributed by atoms with E-state index in [1.165, 1.54) is 0 Å². The third-order valence-corrected chi connectivity index (χ3v) is 5.07. The highest BCUT2D eigenvalue weighted by Crippen LogP contribution is 2.38. The Morgan fingerprint density at radius 2 is 1.85 bits per heavy atom. The maximum atomic E-state index is 13.4. The SMILES string of the molecule is Cc1cc(C)c2oc3c(c(=O)c2c1)C(c1ccccc1)N(CCCO)C3=O. The van der Waals surface area contributed by atoms with E-state index in [2.05, 4.69) is 0 Å². The molecule has 1 unspecified atom stereocenters. The van der Waals surface area contributed by atoms with Crippen LogP contribution in [0.2, 0.25) is 0 Å². The van der Waals surface area contributed by atoms with Gasteiger partial charge in [-0.05, 0) is 43.0 Å². The van der Waals surface area contributed by atoms with Gasteiger partial charge in [0.25, 0.3) is 5.91 Å². The van der Waals surface area contributed by atoms with Crippen molar-refractivity contribution in [1.29, 1.82) is 0 Å². The molecule has 0 spiro atoms. The number of carbonyl (C=O) groups excluding carboxylic acids is 1. The lowest BCUT2D eigenvalue weighted by Gasteiger charge is -2.24. The quantitative estimate of drug-likeness (QED) is 0.772. The molecule has 138 valence electrons. The summed E-state index contributed by atoms with van der Waals surface area (Å²) in [7, 11) is 0. The largest absolute Gasteiger partial charge is 0.450 e. The summed E-state index contributed by atoms with van der Waals surface area (Å²) in [4.78, 5) is 28.1. The number of carbonyl (C=O) groups is 1. The number of hydrogen-bond acceptors (Lipinski definition) is 4. The molecule has 0 aliphatic carbocycles. The molecule has 2 heterocycles. The van der Waals surface area contributed by atoms with Gasteiger partial charge >= 0.3 is 0 Å². The second kappa shape index (κ2) is 6.67. The summed E-state index contributed by atoms with van der Waals surface area (Å²) < 4.78 is 5.99. The average Bonchev–Trinajstić information content (AvgIpc) is 2.94. The van der Waals surface area contributed by atoms with E-state index in [1.54, 1.807) is 4.90 Å². The molecule has 1 aromatic heterocycles. The Hall–Kier alpha value is -2.92. The van der Waals surface area contributed by atoms with Gasteiger partial charge in [-0.2, -0.15) is 0 Å². The minimum Gasteiger partial charge on any atom is -0.450 e. The molecule has 1 atom stereocenters. The van der Waals surface area contributed by atoms with E-state index in [-0.39, 0.29) is 23.7 Å². The van der Waals surface area contributed by atoms with Crippen molar-refractivity contribution in [3.63, 3.8) is 0 Å². The van der Waals surface area contributed by atoms with Crippen LogP contribution in [0, 0.1) is 13.8 Å². The van der Waals surface area contributed by atoms with E-state index in [0.29, 0.717) is 29.5 Å². The van der Waals surface area contributed by atoms with E-state index in [0.717, 1.165) is 16.7 Å². The molecule has 3 aromatic rings. The number of aliphatic hydroxyl groups excluding tert-OH is 1. The highest BCUT2D eigenvalue weighted by molar-refractivity contribution is 5.99. The van der Waals surface area contributed by atoms with E-state index < -0.39 is 6.04 Å². The number of fused-ring (bicyclic) bond motifs is 2. The Balaban J connectivity index is 2.01. The smallest absolute Gasteiger partial charge is 0.290 e. The van der Waals surface area contributed by atoms with Crippen molar-refractivity contribution in [2.75, 3.05) is 13.2 Å². The lowest BCUT2D eigenvalue weighted by molar-refractivity contribution is 0.0716. The molecule has 1 aliphatic heterocycles. The lowest BCUT2D eigenvalue weighted by atomic mass is 9.97. The number of aliphatic hydroxyl groups is 1. The summed E-state index contributed by atoms with van der Waals surface area (Å²) in [6.07, 6.45) is 0.439. The van der Waals surface area contributed by atoms with Crippen LogP contribution in [0.15, 0.2) is 51.7 Å². The van der Waals surface area contributed by atoms with Crippen molar-refractivity contribution in [1.82, 2.24) is 4.90 Å². The van der Waals surface area contributed by atoms with Crippen LogP contribution in [-0.2, 0) is 0 Å². The topological polar surface area (TPSA) is 70.8 Å². The Kier molecular flexibility index (Phi) is 4.32. The van der Waals surface area contributed by atoms with Crippen LogP contribution in [-0.4, -0.2) is 29.1 Å². The van der Waals surface area contributed by atoms with E-state index in [4.69, 9.17) is 4.42 Å². The zero-order chi connectivity index (χ0) is 19.1. The number of benzene rings is 2. The molecule has 5 heteroatoms. The number of hydrogen-bond donors (Lipinski definition) is 1. The Labute approximate surface area is 156 Å². The molecule has 27 heavy (non-hydrogen) atoms. The summed E-state index contributed by atoms with van der Waals surface area (Å²) in [5.74, 6) is -0.183. The fraction of sp³-hybridized carbons (Fsp3) is 0.273. The zero-order valence-corrected chi connectivity index (χ0v) is 15.4. The summed E-state index contributed by atoms with van der Waals surface area (Å²) >= 11 is 0. The monoisotopic (exact) mass is 363 g/mol. The summed E-state index contributed by atoms with van der Waals surface area (Å²) in [6, 6.07) is 12.7. The Morgan fingerprint density at radius 1 is 1.11 bits per heavy atom. The molecule has 0 fully saturated rings. The molecule has 4 rings (SSSR count). The third-order valence-electron chi connectivity index (χ3n) is 5.07. The van der Waals surface area contributed by atoms with Gasteiger partial charge in [0.1, 0.15) is 5.58 Å². The number of amides is 1. The van der Waals surface area contributed by atoms with Gasteiger partial charge in [0.15, 0.2) is 5.43 Å². The predicted octanol–water partition coefficient (Wildman–Crippen LogP) is 3.34. The van der Waals surface area contributed by atoms with Crippen molar-refractivity contribution in [3.8, 4) is 0 Å². The van der Waals surface area contributed by atoms with Gasteiger partial charge < -0.3 is 14.4 Å². The standard InChI is InChI=1S/C22H21NO4/c1-13-11-14(2)20-16(12-13)19(25)17-18(15-7-4-3-5-8-15)23(9-6-10-24)22(26)21(17)27-20/h3-5,7-8,11-12,18,24H,6,9-10H2,1-2H3. The zero-order valence-electron chi connectivity index (χ0n) is 15.4. The van der Waals surface area contributed by atoms with Gasteiger partial charge in [-0.1, -0.05) is 36.4 Å². The fourth-order valence-corrected chi connectivity index (χ4v) is 3.93. The van der Waals surface area contributed by atoms with Gasteiger partial charge in [-0.25, -0.2) is 0 Å². The van der Waals surface area contributed by atoms with E-state index in [1.807, 2.05) is 56.3 Å². The van der Waals surface area contributed by atoms with Crippen molar-refractivity contribution >= 4 is 16.9 Å². The van der Waals surface area contributed by atoms with Gasteiger partial charge in [0.2, 0.25) is 5.76 Å². The number of rotatable bonds is 4. The highest BCUT2D eigenvalue weighted by atomic mass is 16.3. The first-order valence-corrected chi connectivity index (χ1v) is 9.07. The summed E-state index contributed by atoms with van der Waals surface area (Å²) in [6.45, 7) is 4.14. The van der Waals surface area contributed by atoms with Crippen molar-refractivity contribution in [2.45, 2.75) is 26.3 Å². The van der Waals surface area contributed by atoms with Crippen LogP contribution < -0.4 is 5.43 Å². The molecule has 1 amide bonds. The van der Waals surface area contributed by atoms with Crippen LogP contribution in [0.25, 0.3) is 11.0 Å². The molecule has 0 radical (unpaired) electrons. The van der Waals surface area contributed by atoms with Gasteiger partial charge in [-0.15, -0.1) is 0 Å². The van der Waals surface area contributed by atoms with E-state index >= 15 is 0 Å². The predicted molar refractivity (Wildman–Crippen MR) is 103 cm³/mol. The molecule has 5 nitrogen and oxygen atoms in total. The summed E-state index contributed by atoms with van der Waals surface area (Å²) in [5, 5.41) is 9.74. The van der Waals surface area contributed by atoms with Crippen molar-refractivity contribution < 1.29 is 14.3 Å². The second-order valence-electron chi connectivity index (χ2n) is 7.02. The minimum atomic E-state index is -0.498. The van der Waals surface area contributed by atoms with Gasteiger partial charge in [0.05, 0.1) is 17.0 Å². The molecular weight excluding hydrogens is 342 g/mol. The Morgan fingerprint density at radius 3 is 2.56 bits per heavy atom. The normalized spacial score (nSPS) is 16.2. The highest BCUT2D eigenvalue weighted by Gasteiger charge is 2.42. The molecule has 2 aromatic carbocycles. The second-order valence-corrected chi connectivity index (χ2v) is 7.02. The maximum absolute atomic E-state index is 13.4. The third kappa shape index (κ3) is 2.75. The maximum Gasteiger partial charge on any atom is 0.290 e. The average molecular weight is 363 g/mol. The van der Waals surface area contributed by atoms with Crippen LogP contribution in [0.3, 0.4) is 0 Å². The fourth-order valence-electron chi connectivity index (χ4n) is 3.93. The van der Waals surface area contributed by atoms with Crippen molar-refractivity contribution in [2.24, 2.45) is 0 Å². The summed E-state index contributed by atoms with van der Waals surface area (Å²) in [5.41, 5.74) is 3.37. The van der Waals surface area contributed by atoms with Crippen LogP contribution in [0.1, 0.15) is 45.3 Å². The first-order valence-electron chi connectivity index (χ1n) is 9.07. The lowest BCUT2D eigenvalue weighted by Crippen LogP contribution is -2.31. The molecule has 0 saturated heterocycles. The first-order chi connectivity index (χ1) is 13.0. The Bertz CT molecular complexity index is 1080. The van der Waals surface area contributed by atoms with E-state index in [9.17, 15) is 14.7 Å². The molecule has 0 saturated carbocycles. The molecular formula is C22H21NO4. The molecule has 1 aliphatic rings. The number of aryl methyl sites for hydroxylation is 2. The molecule has 0 bridgehead atoms. The van der Waals surface area contributed by atoms with Crippen LogP contribution in [0.5, 0.6) is 0 Å². The van der Waals surface area contributed by atoms with Crippen molar-refractivity contribution in [3.05, 3.63) is 80.7 Å². The number of nitrogens with zero attached hydrogens (tertiary/aromatic N) is 1. The van der Waals surface area contributed by atoms with Crippen LogP contribution in [0.4, 0.5) is 0 Å². The first kappa shape index (κ1) is 17.5. The molecule has 1 N–H and O–H groups in total. The van der Waals surface area contributed by atoms with Crippen LogP contribution >= 0.6 is 0 Å². The van der Waals surface area contributed by atoms with Gasteiger partial charge in [-0.3, -0.25) is 9.59 Å². The van der Waals surface area contributed by atoms with Gasteiger partial charge in [0, 0.05) is 13.2 Å². The minimum absolute atomic E-state index is 0.0245.